The third-order valence-electron chi connectivity index (χ3n) is 5.78. The molecule has 1 aromatic carbocycles. The van der Waals surface area contributed by atoms with Crippen molar-refractivity contribution in [3.05, 3.63) is 71.4 Å². The maximum atomic E-state index is 13.0. The number of para-hydroxylation sites is 1. The lowest BCUT2D eigenvalue weighted by Crippen LogP contribution is -2.39. The second-order valence-electron chi connectivity index (χ2n) is 9.01. The summed E-state index contributed by atoms with van der Waals surface area (Å²) in [5, 5.41) is 3.52. The van der Waals surface area contributed by atoms with Crippen LogP contribution in [0, 0.1) is 5.92 Å². The summed E-state index contributed by atoms with van der Waals surface area (Å²) in [6, 6.07) is 15.7. The number of aromatic nitrogens is 2. The number of rotatable bonds is 7. The van der Waals surface area contributed by atoms with Crippen molar-refractivity contribution >= 4 is 38.9 Å². The van der Waals surface area contributed by atoms with Gasteiger partial charge in [0.2, 0.25) is 0 Å². The van der Waals surface area contributed by atoms with Crippen LogP contribution in [0.2, 0.25) is 5.02 Å². The zero-order chi connectivity index (χ0) is 23.6. The topological polar surface area (TPSA) is 87.2 Å². The molecule has 1 unspecified atom stereocenters. The summed E-state index contributed by atoms with van der Waals surface area (Å²) in [7, 11) is -3.84. The van der Waals surface area contributed by atoms with Gasteiger partial charge in [-0.15, -0.1) is 0 Å². The highest BCUT2D eigenvalue weighted by atomic mass is 35.5. The number of hydrogen-bond acceptors (Lipinski definition) is 6. The van der Waals surface area contributed by atoms with Crippen molar-refractivity contribution < 1.29 is 8.42 Å². The van der Waals surface area contributed by atoms with Crippen molar-refractivity contribution in [2.45, 2.75) is 44.3 Å². The zero-order valence-electron chi connectivity index (χ0n) is 18.9. The summed E-state index contributed by atoms with van der Waals surface area (Å²) in [4.78, 5) is 11.1. The maximum absolute atomic E-state index is 13.0. The van der Waals surface area contributed by atoms with Gasteiger partial charge in [0.05, 0.1) is 10.7 Å². The van der Waals surface area contributed by atoms with E-state index in [1.807, 2.05) is 24.3 Å². The van der Waals surface area contributed by atoms with Crippen LogP contribution in [0.15, 0.2) is 65.8 Å². The van der Waals surface area contributed by atoms with Crippen LogP contribution in [0.3, 0.4) is 0 Å². The van der Waals surface area contributed by atoms with Crippen LogP contribution in [0.25, 0.3) is 0 Å². The van der Waals surface area contributed by atoms with Gasteiger partial charge < -0.3 is 10.2 Å². The largest absolute Gasteiger partial charge is 0.351 e. The molecule has 1 fully saturated rings. The molecule has 0 aliphatic carbocycles. The van der Waals surface area contributed by atoms with E-state index in [9.17, 15) is 8.42 Å². The van der Waals surface area contributed by atoms with Gasteiger partial charge >= 0.3 is 0 Å². The van der Waals surface area contributed by atoms with E-state index >= 15 is 0 Å². The summed E-state index contributed by atoms with van der Waals surface area (Å²) in [5.74, 6) is 1.75. The Bertz CT molecular complexity index is 1250. The molecule has 0 saturated carbocycles. The van der Waals surface area contributed by atoms with Gasteiger partial charge in [-0.25, -0.2) is 23.1 Å². The lowest BCUT2D eigenvalue weighted by molar-refractivity contribution is 0.485. The van der Waals surface area contributed by atoms with E-state index in [1.165, 1.54) is 6.07 Å². The molecular formula is C24H28ClN5O2S. The predicted molar refractivity (Wildman–Crippen MR) is 132 cm³/mol. The average Bonchev–Trinajstić information content (AvgIpc) is 3.06. The summed E-state index contributed by atoms with van der Waals surface area (Å²) < 4.78 is 28.7. The van der Waals surface area contributed by atoms with Crippen molar-refractivity contribution in [2.75, 3.05) is 16.8 Å². The highest BCUT2D eigenvalue weighted by Gasteiger charge is 2.38. The van der Waals surface area contributed by atoms with E-state index in [0.717, 1.165) is 24.3 Å². The average molecular weight is 486 g/mol. The molecule has 1 saturated heterocycles. The van der Waals surface area contributed by atoms with Gasteiger partial charge in [0, 0.05) is 30.4 Å². The molecule has 0 radical (unpaired) electrons. The highest BCUT2D eigenvalue weighted by molar-refractivity contribution is 7.89. The third-order valence-corrected chi connectivity index (χ3v) is 7.42. The SMILES string of the molecule is CC1CN(c2ncccc2CNS(=O)(=O)c2cccc(Nc3ccccc3Cl)n2)C(C)(C)C1. The van der Waals surface area contributed by atoms with Crippen molar-refractivity contribution in [1.29, 1.82) is 0 Å². The van der Waals surface area contributed by atoms with Crippen molar-refractivity contribution in [3.8, 4) is 0 Å². The number of hydrogen-bond donors (Lipinski definition) is 2. The number of sulfonamides is 1. The molecule has 0 amide bonds. The number of nitrogens with one attached hydrogen (secondary N) is 2. The quantitative estimate of drug-likeness (QED) is 0.491. The van der Waals surface area contributed by atoms with Gasteiger partial charge in [-0.3, -0.25) is 0 Å². The lowest BCUT2D eigenvalue weighted by atomic mass is 9.97. The van der Waals surface area contributed by atoms with Gasteiger partial charge in [0.25, 0.3) is 10.0 Å². The Hall–Kier alpha value is -2.68. The molecule has 174 valence electrons. The molecule has 0 spiro atoms. The Kier molecular flexibility index (Phi) is 6.61. The standard InChI is InChI=1S/C24H28ClN5O2S/c1-17-14-24(2,3)30(16-17)23-18(8-7-13-26-23)15-27-33(31,32)22-12-6-11-21(29-22)28-20-10-5-4-9-19(20)25/h4-13,17,27H,14-16H2,1-3H3,(H,28,29). The first-order chi connectivity index (χ1) is 15.7. The Labute approximate surface area is 200 Å². The first kappa shape index (κ1) is 23.5. The Morgan fingerprint density at radius 3 is 2.64 bits per heavy atom. The Morgan fingerprint density at radius 2 is 1.91 bits per heavy atom. The molecule has 0 bridgehead atoms. The minimum atomic E-state index is -3.84. The van der Waals surface area contributed by atoms with Gasteiger partial charge in [0.15, 0.2) is 5.03 Å². The summed E-state index contributed by atoms with van der Waals surface area (Å²) in [5.41, 5.74) is 1.44. The first-order valence-electron chi connectivity index (χ1n) is 10.9. The normalized spacial score (nSPS) is 17.8. The minimum absolute atomic E-state index is 0.0400. The smallest absolute Gasteiger partial charge is 0.258 e. The van der Waals surface area contributed by atoms with E-state index in [1.54, 1.807) is 30.5 Å². The molecule has 2 aromatic heterocycles. The molecule has 3 heterocycles. The zero-order valence-corrected chi connectivity index (χ0v) is 20.5. The monoisotopic (exact) mass is 485 g/mol. The van der Waals surface area contributed by atoms with Gasteiger partial charge in [0.1, 0.15) is 11.6 Å². The second kappa shape index (κ2) is 9.29. The molecule has 3 aromatic rings. The molecule has 1 aliphatic heterocycles. The number of halogens is 1. The van der Waals surface area contributed by atoms with Crippen LogP contribution in [0.1, 0.15) is 32.8 Å². The number of pyridine rings is 2. The lowest BCUT2D eigenvalue weighted by Gasteiger charge is -2.34. The Balaban J connectivity index is 1.53. The van der Waals surface area contributed by atoms with Crippen LogP contribution in [-0.4, -0.2) is 30.5 Å². The fraction of sp³-hybridized carbons (Fsp3) is 0.333. The summed E-state index contributed by atoms with van der Waals surface area (Å²) >= 11 is 6.19. The number of anilines is 3. The highest BCUT2D eigenvalue weighted by Crippen LogP contribution is 2.37. The molecule has 1 atom stereocenters. The Morgan fingerprint density at radius 1 is 1.12 bits per heavy atom. The van der Waals surface area contributed by atoms with Gasteiger partial charge in [-0.2, -0.15) is 0 Å². The maximum Gasteiger partial charge on any atom is 0.258 e. The first-order valence-corrected chi connectivity index (χ1v) is 12.7. The van der Waals surface area contributed by atoms with Crippen LogP contribution in [0.5, 0.6) is 0 Å². The second-order valence-corrected chi connectivity index (χ2v) is 11.1. The van der Waals surface area contributed by atoms with Gasteiger partial charge in [-0.1, -0.05) is 42.8 Å². The van der Waals surface area contributed by atoms with Gasteiger partial charge in [-0.05, 0) is 56.5 Å². The molecule has 1 aliphatic rings. The molecular weight excluding hydrogens is 458 g/mol. The third kappa shape index (κ3) is 5.29. The number of benzene rings is 1. The molecule has 9 heteroatoms. The van der Waals surface area contributed by atoms with Crippen molar-refractivity contribution in [1.82, 2.24) is 14.7 Å². The fourth-order valence-corrected chi connectivity index (χ4v) is 5.50. The van der Waals surface area contributed by atoms with Crippen LogP contribution in [0.4, 0.5) is 17.3 Å². The molecule has 7 nitrogen and oxygen atoms in total. The van der Waals surface area contributed by atoms with E-state index < -0.39 is 10.0 Å². The van der Waals surface area contributed by atoms with E-state index in [-0.39, 0.29) is 17.1 Å². The van der Waals surface area contributed by atoms with E-state index in [0.29, 0.717) is 22.4 Å². The van der Waals surface area contributed by atoms with E-state index in [4.69, 9.17) is 11.6 Å². The number of nitrogens with zero attached hydrogens (tertiary/aromatic N) is 3. The summed E-state index contributed by atoms with van der Waals surface area (Å²) in [6.45, 7) is 7.63. The molecule has 2 N–H and O–H groups in total. The van der Waals surface area contributed by atoms with Crippen LogP contribution in [-0.2, 0) is 16.6 Å². The minimum Gasteiger partial charge on any atom is -0.351 e. The van der Waals surface area contributed by atoms with Crippen LogP contribution < -0.4 is 14.9 Å². The van der Waals surface area contributed by atoms with Crippen molar-refractivity contribution in [2.24, 2.45) is 5.92 Å². The molecule has 4 rings (SSSR count). The molecule has 33 heavy (non-hydrogen) atoms. The fourth-order valence-electron chi connectivity index (χ4n) is 4.35. The summed E-state index contributed by atoms with van der Waals surface area (Å²) in [6.07, 6.45) is 2.81. The van der Waals surface area contributed by atoms with E-state index in [2.05, 4.69) is 45.7 Å². The van der Waals surface area contributed by atoms with Crippen LogP contribution >= 0.6 is 11.6 Å². The predicted octanol–water partition coefficient (Wildman–Crippen LogP) is 4.98. The van der Waals surface area contributed by atoms with Crippen molar-refractivity contribution in [3.63, 3.8) is 0 Å².